The van der Waals surface area contributed by atoms with Gasteiger partial charge < -0.3 is 4.74 Å². The van der Waals surface area contributed by atoms with Gasteiger partial charge in [0.25, 0.3) is 5.91 Å². The molecule has 0 spiro atoms. The Morgan fingerprint density at radius 2 is 2.09 bits per heavy atom. The number of hydrogen-bond donors (Lipinski definition) is 2. The van der Waals surface area contributed by atoms with Gasteiger partial charge in [-0.15, -0.1) is 0 Å². The van der Waals surface area contributed by atoms with Crippen molar-refractivity contribution in [2.24, 2.45) is 5.92 Å². The molecule has 0 bridgehead atoms. The minimum absolute atomic E-state index is 0.00142. The molecule has 23 heavy (non-hydrogen) atoms. The van der Waals surface area contributed by atoms with Crippen molar-refractivity contribution < 1.29 is 22.7 Å². The van der Waals surface area contributed by atoms with Crippen molar-refractivity contribution in [3.8, 4) is 5.75 Å². The van der Waals surface area contributed by atoms with Gasteiger partial charge in [-0.05, 0) is 31.5 Å². The number of halogens is 1. The van der Waals surface area contributed by atoms with Gasteiger partial charge in [-0.2, -0.15) is 0 Å². The van der Waals surface area contributed by atoms with Crippen LogP contribution in [0.2, 0.25) is 0 Å². The van der Waals surface area contributed by atoms with Crippen LogP contribution in [0, 0.1) is 5.92 Å². The van der Waals surface area contributed by atoms with E-state index in [9.17, 15) is 18.0 Å². The molecule has 1 aromatic rings. The van der Waals surface area contributed by atoms with Crippen LogP contribution >= 0.6 is 15.9 Å². The minimum atomic E-state index is -3.14. The molecule has 9 heteroatoms. The first kappa shape index (κ1) is 17.7. The highest BCUT2D eigenvalue weighted by Crippen LogP contribution is 2.19. The first-order valence-corrected chi connectivity index (χ1v) is 9.60. The lowest BCUT2D eigenvalue weighted by atomic mass is 10.1. The van der Waals surface area contributed by atoms with E-state index in [4.69, 9.17) is 4.74 Å². The van der Waals surface area contributed by atoms with Crippen LogP contribution in [0.25, 0.3) is 0 Å². The number of hydrazine groups is 1. The molecule has 0 unspecified atom stereocenters. The Balaban J connectivity index is 1.81. The fourth-order valence-electron chi connectivity index (χ4n) is 2.13. The third-order valence-corrected chi connectivity index (χ3v) is 5.65. The maximum Gasteiger partial charge on any atom is 0.279 e. The van der Waals surface area contributed by atoms with Crippen LogP contribution in [0.4, 0.5) is 0 Å². The zero-order valence-corrected chi connectivity index (χ0v) is 14.8. The molecule has 0 aliphatic carbocycles. The molecule has 1 heterocycles. The summed E-state index contributed by atoms with van der Waals surface area (Å²) in [5.74, 6) is -1.33. The van der Waals surface area contributed by atoms with Gasteiger partial charge in [0, 0.05) is 4.47 Å². The summed E-state index contributed by atoms with van der Waals surface area (Å²) >= 11 is 3.30. The average molecular weight is 405 g/mol. The Labute approximate surface area is 142 Å². The molecule has 2 atom stereocenters. The van der Waals surface area contributed by atoms with E-state index in [2.05, 4.69) is 26.8 Å². The Morgan fingerprint density at radius 3 is 2.70 bits per heavy atom. The second-order valence-corrected chi connectivity index (χ2v) is 8.44. The summed E-state index contributed by atoms with van der Waals surface area (Å²) in [7, 11) is -3.14. The minimum Gasteiger partial charge on any atom is -0.481 e. The highest BCUT2D eigenvalue weighted by Gasteiger charge is 2.33. The summed E-state index contributed by atoms with van der Waals surface area (Å²) in [5, 5.41) is 0. The van der Waals surface area contributed by atoms with Crippen LogP contribution in [-0.4, -0.2) is 37.8 Å². The van der Waals surface area contributed by atoms with Crippen molar-refractivity contribution in [2.45, 2.75) is 19.4 Å². The number of amides is 2. The molecule has 0 aromatic heterocycles. The maximum atomic E-state index is 11.9. The van der Waals surface area contributed by atoms with E-state index in [1.54, 1.807) is 25.1 Å². The lowest BCUT2D eigenvalue weighted by Crippen LogP contribution is -2.49. The predicted octanol–water partition coefficient (Wildman–Crippen LogP) is 0.799. The monoisotopic (exact) mass is 404 g/mol. The van der Waals surface area contributed by atoms with Crippen molar-refractivity contribution >= 4 is 37.6 Å². The van der Waals surface area contributed by atoms with E-state index in [0.29, 0.717) is 5.75 Å². The summed E-state index contributed by atoms with van der Waals surface area (Å²) in [6, 6.07) is 7.02. The third kappa shape index (κ3) is 5.21. The van der Waals surface area contributed by atoms with Crippen LogP contribution in [0.5, 0.6) is 5.75 Å². The first-order chi connectivity index (χ1) is 10.8. The second-order valence-electron chi connectivity index (χ2n) is 5.30. The number of ether oxygens (including phenoxy) is 1. The van der Waals surface area contributed by atoms with Crippen molar-refractivity contribution in [1.29, 1.82) is 0 Å². The van der Waals surface area contributed by atoms with Crippen LogP contribution in [0.15, 0.2) is 28.7 Å². The summed E-state index contributed by atoms with van der Waals surface area (Å²) < 4.78 is 28.9. The van der Waals surface area contributed by atoms with E-state index in [1.807, 2.05) is 6.07 Å². The van der Waals surface area contributed by atoms with Gasteiger partial charge in [-0.3, -0.25) is 20.4 Å². The van der Waals surface area contributed by atoms with Crippen LogP contribution in [0.1, 0.15) is 13.3 Å². The summed E-state index contributed by atoms with van der Waals surface area (Å²) in [4.78, 5) is 23.7. The van der Waals surface area contributed by atoms with Crippen molar-refractivity contribution in [1.82, 2.24) is 10.9 Å². The van der Waals surface area contributed by atoms with Gasteiger partial charge in [0.15, 0.2) is 15.9 Å². The summed E-state index contributed by atoms with van der Waals surface area (Å²) in [5.41, 5.74) is 4.50. The number of carbonyl (C=O) groups excluding carboxylic acids is 2. The van der Waals surface area contributed by atoms with Gasteiger partial charge in [-0.1, -0.05) is 22.0 Å². The van der Waals surface area contributed by atoms with E-state index in [-0.39, 0.29) is 17.9 Å². The molecule has 2 amide bonds. The highest BCUT2D eigenvalue weighted by atomic mass is 79.9. The topological polar surface area (TPSA) is 102 Å². The summed E-state index contributed by atoms with van der Waals surface area (Å²) in [6.07, 6.45) is -0.550. The predicted molar refractivity (Wildman–Crippen MR) is 87.3 cm³/mol. The second kappa shape index (κ2) is 7.31. The van der Waals surface area contributed by atoms with E-state index in [1.165, 1.54) is 0 Å². The maximum absolute atomic E-state index is 11.9. The van der Waals surface area contributed by atoms with Crippen molar-refractivity contribution in [2.75, 3.05) is 11.5 Å². The van der Waals surface area contributed by atoms with Crippen molar-refractivity contribution in [3.63, 3.8) is 0 Å². The quantitative estimate of drug-likeness (QED) is 0.722. The number of rotatable bonds is 4. The van der Waals surface area contributed by atoms with Crippen LogP contribution < -0.4 is 15.6 Å². The largest absolute Gasteiger partial charge is 0.481 e. The van der Waals surface area contributed by atoms with E-state index in [0.717, 1.165) is 4.47 Å². The molecule has 126 valence electrons. The molecule has 1 aliphatic rings. The molecule has 1 aliphatic heterocycles. The summed E-state index contributed by atoms with van der Waals surface area (Å²) in [6.45, 7) is 1.54. The molecule has 2 rings (SSSR count). The van der Waals surface area contributed by atoms with Crippen LogP contribution in [-0.2, 0) is 19.4 Å². The molecular weight excluding hydrogens is 388 g/mol. The smallest absolute Gasteiger partial charge is 0.279 e. The Kier molecular flexibility index (Phi) is 5.64. The lowest BCUT2D eigenvalue weighted by molar-refractivity contribution is -0.134. The van der Waals surface area contributed by atoms with Gasteiger partial charge in [0.1, 0.15) is 5.75 Å². The lowest BCUT2D eigenvalue weighted by Gasteiger charge is -2.16. The Bertz CT molecular complexity index is 707. The molecule has 2 N–H and O–H groups in total. The highest BCUT2D eigenvalue weighted by molar-refractivity contribution is 9.10. The zero-order valence-electron chi connectivity index (χ0n) is 12.4. The molecule has 1 fully saturated rings. The standard InChI is InChI=1S/C14H17BrN2O5S/c1-9(22-12-4-2-3-11(15)7-12)13(18)16-17-14(19)10-5-6-23(20,21)8-10/h2-4,7,9-10H,5-6,8H2,1H3,(H,16,18)(H,17,19)/t9-,10+/m1/s1. The third-order valence-electron chi connectivity index (χ3n) is 3.39. The Hall–Kier alpha value is -1.61. The average Bonchev–Trinajstić information content (AvgIpc) is 2.84. The molecule has 1 aromatic carbocycles. The SMILES string of the molecule is C[C@@H](Oc1cccc(Br)c1)C(=O)NNC(=O)[C@H]1CCS(=O)(=O)C1. The first-order valence-electron chi connectivity index (χ1n) is 6.99. The van der Waals surface area contributed by atoms with Gasteiger partial charge in [-0.25, -0.2) is 8.42 Å². The molecule has 0 saturated carbocycles. The number of nitrogens with one attached hydrogen (secondary N) is 2. The van der Waals surface area contributed by atoms with Gasteiger partial charge in [0.05, 0.1) is 17.4 Å². The van der Waals surface area contributed by atoms with Crippen LogP contribution in [0.3, 0.4) is 0 Å². The molecule has 0 radical (unpaired) electrons. The fraction of sp³-hybridized carbons (Fsp3) is 0.429. The van der Waals surface area contributed by atoms with Gasteiger partial charge >= 0.3 is 0 Å². The van der Waals surface area contributed by atoms with Crippen molar-refractivity contribution in [3.05, 3.63) is 28.7 Å². The molecule has 7 nitrogen and oxygen atoms in total. The number of sulfone groups is 1. The number of benzene rings is 1. The normalized spacial score (nSPS) is 20.5. The number of carbonyl (C=O) groups is 2. The fourth-order valence-corrected chi connectivity index (χ4v) is 4.25. The van der Waals surface area contributed by atoms with Gasteiger partial charge in [0.2, 0.25) is 5.91 Å². The Morgan fingerprint density at radius 1 is 1.35 bits per heavy atom. The molecular formula is C14H17BrN2O5S. The molecule has 1 saturated heterocycles. The zero-order chi connectivity index (χ0) is 17.0. The van der Waals surface area contributed by atoms with E-state index < -0.39 is 33.7 Å². The van der Waals surface area contributed by atoms with E-state index >= 15 is 0 Å². The number of hydrogen-bond acceptors (Lipinski definition) is 5.